The van der Waals surface area contributed by atoms with Gasteiger partial charge in [-0.2, -0.15) is 0 Å². The van der Waals surface area contributed by atoms with E-state index in [-0.39, 0.29) is 0 Å². The van der Waals surface area contributed by atoms with Crippen molar-refractivity contribution in [3.8, 4) is 0 Å². The van der Waals surface area contributed by atoms with Gasteiger partial charge in [-0.25, -0.2) is 0 Å². The van der Waals surface area contributed by atoms with Crippen LogP contribution in [0.5, 0.6) is 0 Å². The zero-order chi connectivity index (χ0) is 9.33. The van der Waals surface area contributed by atoms with Crippen LogP contribution in [0.15, 0.2) is 12.3 Å². The van der Waals surface area contributed by atoms with Gasteiger partial charge in [-0.05, 0) is 5.70 Å². The van der Waals surface area contributed by atoms with Crippen molar-refractivity contribution in [1.29, 1.82) is 0 Å². The summed E-state index contributed by atoms with van der Waals surface area (Å²) in [6, 6.07) is 0. The number of hydrogen-bond acceptors (Lipinski definition) is 4. The molecule has 0 saturated heterocycles. The third-order valence-corrected chi connectivity index (χ3v) is 3.31. The van der Waals surface area contributed by atoms with Crippen LogP contribution in [0.4, 0.5) is 0 Å². The zero-order valence-corrected chi connectivity index (χ0v) is 8.46. The molecule has 0 aromatic rings. The molecule has 68 valence electrons. The van der Waals surface area contributed by atoms with Gasteiger partial charge in [0.1, 0.15) is 0 Å². The molecule has 0 aromatic carbocycles. The molecule has 0 amide bonds. The second-order valence-corrected chi connectivity index (χ2v) is 4.26. The van der Waals surface area contributed by atoms with Crippen LogP contribution in [0, 0.1) is 0 Å². The second kappa shape index (κ2) is 7.90. The van der Waals surface area contributed by atoms with Crippen molar-refractivity contribution in [1.82, 2.24) is 0 Å². The molecule has 0 rings (SSSR count). The number of rotatable bonds is 4. The molecule has 0 unspecified atom stereocenters. The monoisotopic (exact) mass is 180 g/mol. The van der Waals surface area contributed by atoms with Gasteiger partial charge in [0.2, 0.25) is 0 Å². The predicted molar refractivity (Wildman–Crippen MR) is 45.1 cm³/mol. The van der Waals surface area contributed by atoms with Gasteiger partial charge in [-0.15, -0.1) is 0 Å². The maximum atomic E-state index is 7.00. The lowest BCUT2D eigenvalue weighted by atomic mass is 11.3. The van der Waals surface area contributed by atoms with Gasteiger partial charge in [-0.1, -0.05) is 6.58 Å². The highest BCUT2D eigenvalue weighted by molar-refractivity contribution is 6.66. The molecule has 0 aromatic heterocycles. The first-order valence-corrected chi connectivity index (χ1v) is 4.78. The Kier molecular flexibility index (Phi) is 9.62. The van der Waals surface area contributed by atoms with Crippen molar-refractivity contribution < 1.29 is 18.4 Å². The smallest absolute Gasteiger partial charge is 0.400 e. The first kappa shape index (κ1) is 13.4. The molecular formula is C6H16O4Si. The molecular weight excluding hydrogens is 164 g/mol. The molecule has 4 nitrogen and oxygen atoms in total. The number of aliphatic hydroxyl groups is 1. The van der Waals surface area contributed by atoms with E-state index in [1.54, 1.807) is 27.0 Å². The molecule has 0 heterocycles. The van der Waals surface area contributed by atoms with Crippen LogP contribution in [0.2, 0.25) is 0 Å². The van der Waals surface area contributed by atoms with Crippen LogP contribution < -0.4 is 0 Å². The van der Waals surface area contributed by atoms with E-state index in [0.29, 0.717) is 0 Å². The number of hydrogen-bond donors (Lipinski definition) is 1. The van der Waals surface area contributed by atoms with Gasteiger partial charge in [0.15, 0.2) is 0 Å². The molecule has 0 aliphatic carbocycles. The molecule has 11 heavy (non-hydrogen) atoms. The van der Waals surface area contributed by atoms with Crippen molar-refractivity contribution in [2.75, 3.05) is 28.4 Å². The molecule has 0 radical (unpaired) electrons. The lowest BCUT2D eigenvalue weighted by molar-refractivity contribution is 0.138. The van der Waals surface area contributed by atoms with Gasteiger partial charge in [0, 0.05) is 28.4 Å². The molecule has 0 spiro atoms. The van der Waals surface area contributed by atoms with E-state index in [2.05, 4.69) is 6.58 Å². The zero-order valence-electron chi connectivity index (χ0n) is 7.46. The maximum Gasteiger partial charge on any atom is 0.528 e. The Hall–Kier alpha value is -0.203. The van der Waals surface area contributed by atoms with Gasteiger partial charge >= 0.3 is 8.80 Å². The van der Waals surface area contributed by atoms with E-state index < -0.39 is 8.80 Å². The Labute approximate surface area is 68.8 Å². The Morgan fingerprint density at radius 1 is 1.09 bits per heavy atom. The summed E-state index contributed by atoms with van der Waals surface area (Å²) in [6.07, 6.45) is 0. The van der Waals surface area contributed by atoms with E-state index >= 15 is 0 Å². The minimum atomic E-state index is -2.43. The Balaban J connectivity index is 0. The van der Waals surface area contributed by atoms with Crippen molar-refractivity contribution >= 4 is 8.80 Å². The third-order valence-electron chi connectivity index (χ3n) is 1.10. The fraction of sp³-hybridized carbons (Fsp3) is 0.667. The second-order valence-electron chi connectivity index (χ2n) is 1.42. The standard InChI is InChI=1S/C5H12O3Si.CH4O/c1-5-9(6-2,7-3)8-4;1-2/h5H,1H2,2-4H3;2H,1H3. The largest absolute Gasteiger partial charge is 0.528 e. The Bertz CT molecular complexity index is 84.3. The summed E-state index contributed by atoms with van der Waals surface area (Å²) in [6.45, 7) is 3.53. The van der Waals surface area contributed by atoms with Crippen LogP contribution in [-0.2, 0) is 13.3 Å². The first-order chi connectivity index (χ1) is 5.24. The lowest BCUT2D eigenvalue weighted by Gasteiger charge is -2.19. The number of aliphatic hydroxyl groups excluding tert-OH is 1. The van der Waals surface area contributed by atoms with Gasteiger partial charge in [0.05, 0.1) is 0 Å². The minimum absolute atomic E-state index is 1.00. The fourth-order valence-corrected chi connectivity index (χ4v) is 1.50. The van der Waals surface area contributed by atoms with Crippen LogP contribution in [0.25, 0.3) is 0 Å². The van der Waals surface area contributed by atoms with Gasteiger partial charge < -0.3 is 18.4 Å². The lowest BCUT2D eigenvalue weighted by Crippen LogP contribution is -2.40. The van der Waals surface area contributed by atoms with E-state index in [0.717, 1.165) is 7.11 Å². The SMILES string of the molecule is C=C[Si](OC)(OC)OC.CO. The molecule has 0 fully saturated rings. The minimum Gasteiger partial charge on any atom is -0.400 e. The summed E-state index contributed by atoms with van der Waals surface area (Å²) in [4.78, 5) is 0. The highest BCUT2D eigenvalue weighted by Crippen LogP contribution is 2.04. The average Bonchev–Trinajstić information content (AvgIpc) is 2.13. The summed E-state index contributed by atoms with van der Waals surface area (Å²) in [7, 11) is 3.20. The summed E-state index contributed by atoms with van der Waals surface area (Å²) >= 11 is 0. The van der Waals surface area contributed by atoms with Crippen LogP contribution in [-0.4, -0.2) is 42.4 Å². The normalized spacial score (nSPS) is 9.91. The van der Waals surface area contributed by atoms with E-state index in [4.69, 9.17) is 18.4 Å². The quantitative estimate of drug-likeness (QED) is 0.628. The summed E-state index contributed by atoms with van der Waals surface area (Å²) in [5, 5.41) is 7.00. The predicted octanol–water partition coefficient (Wildman–Crippen LogP) is 0.198. The highest BCUT2D eigenvalue weighted by Gasteiger charge is 2.33. The van der Waals surface area contributed by atoms with Crippen molar-refractivity contribution in [3.05, 3.63) is 12.3 Å². The summed E-state index contributed by atoms with van der Waals surface area (Å²) in [5.41, 5.74) is 1.58. The average molecular weight is 180 g/mol. The van der Waals surface area contributed by atoms with Gasteiger partial charge in [0.25, 0.3) is 0 Å². The van der Waals surface area contributed by atoms with Crippen LogP contribution >= 0.6 is 0 Å². The molecule has 0 aliphatic heterocycles. The molecule has 0 aliphatic rings. The van der Waals surface area contributed by atoms with E-state index in [1.807, 2.05) is 0 Å². The van der Waals surface area contributed by atoms with Gasteiger partial charge in [-0.3, -0.25) is 0 Å². The molecule has 0 atom stereocenters. The fourth-order valence-electron chi connectivity index (χ4n) is 0.500. The topological polar surface area (TPSA) is 47.9 Å². The Morgan fingerprint density at radius 3 is 1.36 bits per heavy atom. The van der Waals surface area contributed by atoms with Crippen LogP contribution in [0.1, 0.15) is 0 Å². The molecule has 1 N–H and O–H groups in total. The van der Waals surface area contributed by atoms with E-state index in [9.17, 15) is 0 Å². The molecule has 5 heteroatoms. The van der Waals surface area contributed by atoms with Crippen molar-refractivity contribution in [2.45, 2.75) is 0 Å². The first-order valence-electron chi connectivity index (χ1n) is 2.98. The highest BCUT2D eigenvalue weighted by atomic mass is 28.4. The molecule has 0 bridgehead atoms. The third kappa shape index (κ3) is 4.28. The van der Waals surface area contributed by atoms with Crippen LogP contribution in [0.3, 0.4) is 0 Å². The van der Waals surface area contributed by atoms with Crippen molar-refractivity contribution in [3.63, 3.8) is 0 Å². The summed E-state index contributed by atoms with van der Waals surface area (Å²) in [5.74, 6) is 0. The summed E-state index contributed by atoms with van der Waals surface area (Å²) < 4.78 is 14.9. The van der Waals surface area contributed by atoms with E-state index in [1.165, 1.54) is 0 Å². The molecule has 0 saturated carbocycles. The van der Waals surface area contributed by atoms with Crippen molar-refractivity contribution in [2.24, 2.45) is 0 Å². The Morgan fingerprint density at radius 2 is 1.36 bits per heavy atom. The maximum absolute atomic E-state index is 7.00.